The maximum atomic E-state index is 12.4. The summed E-state index contributed by atoms with van der Waals surface area (Å²) in [5, 5.41) is 1.14. The lowest BCUT2D eigenvalue weighted by atomic mass is 9.78. The van der Waals surface area contributed by atoms with Crippen molar-refractivity contribution in [3.8, 4) is 0 Å². The molecule has 2 aromatic rings. The van der Waals surface area contributed by atoms with Gasteiger partial charge in [-0.3, -0.25) is 0 Å². The minimum absolute atomic E-state index is 0.257. The molecule has 0 unspecified atom stereocenters. The van der Waals surface area contributed by atoms with E-state index >= 15 is 0 Å². The van der Waals surface area contributed by atoms with Gasteiger partial charge >= 0.3 is 13.2 Å². The average molecular weight is 398 g/mol. The van der Waals surface area contributed by atoms with Gasteiger partial charge < -0.3 is 23.5 Å². The van der Waals surface area contributed by atoms with Gasteiger partial charge in [-0.1, -0.05) is 12.1 Å². The summed E-state index contributed by atoms with van der Waals surface area (Å²) in [5.74, 6) is 0. The maximum Gasteiger partial charge on any atom is 0.494 e. The highest BCUT2D eigenvalue weighted by molar-refractivity contribution is 6.62. The van der Waals surface area contributed by atoms with Crippen LogP contribution in [0.5, 0.6) is 0 Å². The number of hydrogen-bond donors (Lipinski definition) is 0. The van der Waals surface area contributed by atoms with Crippen LogP contribution in [0.3, 0.4) is 0 Å². The molecular formula is C22H31BN2O4. The highest BCUT2D eigenvalue weighted by Crippen LogP contribution is 2.36. The molecular weight excluding hydrogens is 367 g/mol. The number of aromatic nitrogens is 1. The predicted molar refractivity (Wildman–Crippen MR) is 114 cm³/mol. The highest BCUT2D eigenvalue weighted by atomic mass is 16.7. The normalized spacial score (nSPS) is 20.8. The molecule has 1 amide bonds. The number of hydrogen-bond acceptors (Lipinski definition) is 4. The van der Waals surface area contributed by atoms with Crippen LogP contribution in [0.1, 0.15) is 54.2 Å². The Balaban J connectivity index is 1.58. The van der Waals surface area contributed by atoms with Gasteiger partial charge in [-0.2, -0.15) is 0 Å². The van der Waals surface area contributed by atoms with E-state index in [1.807, 2.05) is 20.8 Å². The van der Waals surface area contributed by atoms with E-state index in [1.54, 1.807) is 4.90 Å². The number of amides is 1. The number of carbonyl (C=O) groups excluding carboxylic acids is 1. The molecule has 1 aromatic carbocycles. The van der Waals surface area contributed by atoms with Gasteiger partial charge in [0.25, 0.3) is 0 Å². The quantitative estimate of drug-likeness (QED) is 0.688. The van der Waals surface area contributed by atoms with Gasteiger partial charge in [-0.05, 0) is 71.4 Å². The minimum atomic E-state index is -0.487. The summed E-state index contributed by atoms with van der Waals surface area (Å²) < 4.78 is 20.2. The third-order valence-electron chi connectivity index (χ3n) is 6.13. The summed E-state index contributed by atoms with van der Waals surface area (Å²) in [6.07, 6.45) is -0.257. The second-order valence-corrected chi connectivity index (χ2v) is 10.1. The smallest absolute Gasteiger partial charge is 0.444 e. The zero-order valence-corrected chi connectivity index (χ0v) is 18.5. The van der Waals surface area contributed by atoms with Gasteiger partial charge in [-0.25, -0.2) is 4.79 Å². The molecule has 1 saturated heterocycles. The maximum absolute atomic E-state index is 12.4. The molecule has 1 aromatic heterocycles. The van der Waals surface area contributed by atoms with Crippen molar-refractivity contribution in [2.75, 3.05) is 6.54 Å². The fourth-order valence-corrected chi connectivity index (χ4v) is 3.84. The molecule has 156 valence electrons. The molecule has 29 heavy (non-hydrogen) atoms. The van der Waals surface area contributed by atoms with Crippen molar-refractivity contribution >= 4 is 29.6 Å². The molecule has 0 aliphatic carbocycles. The zero-order valence-electron chi connectivity index (χ0n) is 18.5. The van der Waals surface area contributed by atoms with E-state index in [1.165, 1.54) is 5.52 Å². The average Bonchev–Trinajstić information content (AvgIpc) is 3.05. The van der Waals surface area contributed by atoms with Crippen molar-refractivity contribution < 1.29 is 18.8 Å². The molecule has 2 aliphatic heterocycles. The van der Waals surface area contributed by atoms with E-state index in [0.29, 0.717) is 13.1 Å². The van der Waals surface area contributed by atoms with Crippen molar-refractivity contribution in [2.24, 2.45) is 0 Å². The molecule has 0 saturated carbocycles. The molecule has 0 bridgehead atoms. The molecule has 0 N–H and O–H groups in total. The van der Waals surface area contributed by atoms with Crippen molar-refractivity contribution in [3.05, 3.63) is 30.0 Å². The number of rotatable bonds is 1. The molecule has 7 heteroatoms. The van der Waals surface area contributed by atoms with E-state index in [-0.39, 0.29) is 24.4 Å². The lowest BCUT2D eigenvalue weighted by Crippen LogP contribution is -2.41. The highest BCUT2D eigenvalue weighted by Gasteiger charge is 2.51. The first kappa shape index (κ1) is 20.3. The SMILES string of the molecule is CC(C)(C)OC(=O)N1CCn2c(cc3cc(B4OC(C)(C)C(C)(C)O4)ccc32)C1. The Bertz CT molecular complexity index is 942. The fourth-order valence-electron chi connectivity index (χ4n) is 3.84. The second-order valence-electron chi connectivity index (χ2n) is 10.1. The summed E-state index contributed by atoms with van der Waals surface area (Å²) in [6.45, 7) is 15.9. The van der Waals surface area contributed by atoms with E-state index in [4.69, 9.17) is 14.0 Å². The Morgan fingerprint density at radius 2 is 1.72 bits per heavy atom. The molecule has 2 aliphatic rings. The second kappa shape index (κ2) is 6.51. The van der Waals surface area contributed by atoms with Crippen LogP contribution in [-0.4, -0.2) is 46.0 Å². The fraction of sp³-hybridized carbons (Fsp3) is 0.591. The standard InChI is InChI=1S/C22H31BN2O4/c1-20(2,3)27-19(26)24-10-11-25-17(14-24)13-15-12-16(8-9-18(15)25)23-28-21(4,5)22(6,7)29-23/h8-9,12-13H,10-11,14H2,1-7H3. The Labute approximate surface area is 173 Å². The van der Waals surface area contributed by atoms with Gasteiger partial charge in [0, 0.05) is 24.3 Å². The van der Waals surface area contributed by atoms with Crippen LogP contribution in [0, 0.1) is 0 Å². The summed E-state index contributed by atoms with van der Waals surface area (Å²) in [5.41, 5.74) is 2.09. The Kier molecular flexibility index (Phi) is 4.55. The monoisotopic (exact) mass is 398 g/mol. The van der Waals surface area contributed by atoms with E-state index in [0.717, 1.165) is 23.1 Å². The largest absolute Gasteiger partial charge is 0.494 e. The van der Waals surface area contributed by atoms with Crippen molar-refractivity contribution in [1.29, 1.82) is 0 Å². The van der Waals surface area contributed by atoms with E-state index in [2.05, 4.69) is 56.5 Å². The number of benzene rings is 1. The van der Waals surface area contributed by atoms with Gasteiger partial charge in [0.15, 0.2) is 0 Å². The van der Waals surface area contributed by atoms with E-state index in [9.17, 15) is 4.79 Å². The number of fused-ring (bicyclic) bond motifs is 3. The van der Waals surface area contributed by atoms with Crippen LogP contribution in [0.2, 0.25) is 0 Å². The molecule has 6 nitrogen and oxygen atoms in total. The van der Waals surface area contributed by atoms with Gasteiger partial charge in [0.1, 0.15) is 5.60 Å². The summed E-state index contributed by atoms with van der Waals surface area (Å²) >= 11 is 0. The van der Waals surface area contributed by atoms with Crippen molar-refractivity contribution in [3.63, 3.8) is 0 Å². The summed E-state index contributed by atoms with van der Waals surface area (Å²) in [4.78, 5) is 14.2. The van der Waals surface area contributed by atoms with Crippen LogP contribution in [0.4, 0.5) is 4.79 Å². The predicted octanol–water partition coefficient (Wildman–Crippen LogP) is 3.69. The third kappa shape index (κ3) is 3.66. The minimum Gasteiger partial charge on any atom is -0.444 e. The van der Waals surface area contributed by atoms with Crippen LogP contribution in [0.15, 0.2) is 24.3 Å². The topological polar surface area (TPSA) is 52.9 Å². The van der Waals surface area contributed by atoms with Gasteiger partial charge in [0.05, 0.1) is 17.7 Å². The Hall–Kier alpha value is -1.99. The first-order valence-electron chi connectivity index (χ1n) is 10.3. The lowest BCUT2D eigenvalue weighted by molar-refractivity contribution is 0.00578. The van der Waals surface area contributed by atoms with Crippen LogP contribution >= 0.6 is 0 Å². The van der Waals surface area contributed by atoms with Crippen LogP contribution < -0.4 is 5.46 Å². The Morgan fingerprint density at radius 1 is 1.07 bits per heavy atom. The molecule has 1 fully saturated rings. The van der Waals surface area contributed by atoms with Crippen LogP contribution in [0.25, 0.3) is 10.9 Å². The molecule has 0 atom stereocenters. The molecule has 0 radical (unpaired) electrons. The summed E-state index contributed by atoms with van der Waals surface area (Å²) in [6, 6.07) is 8.50. The first-order chi connectivity index (χ1) is 13.4. The van der Waals surface area contributed by atoms with Crippen LogP contribution in [-0.2, 0) is 27.1 Å². The number of nitrogens with zero attached hydrogens (tertiary/aromatic N) is 2. The number of ether oxygens (including phenoxy) is 1. The Morgan fingerprint density at radius 3 is 2.34 bits per heavy atom. The first-order valence-corrected chi connectivity index (χ1v) is 10.3. The lowest BCUT2D eigenvalue weighted by Gasteiger charge is -2.32. The van der Waals surface area contributed by atoms with Gasteiger partial charge in [0.2, 0.25) is 0 Å². The summed E-state index contributed by atoms with van der Waals surface area (Å²) in [7, 11) is -0.375. The molecule has 0 spiro atoms. The third-order valence-corrected chi connectivity index (χ3v) is 6.13. The van der Waals surface area contributed by atoms with E-state index < -0.39 is 5.60 Å². The van der Waals surface area contributed by atoms with Crippen molar-refractivity contribution in [1.82, 2.24) is 9.47 Å². The molecule has 4 rings (SSSR count). The molecule has 3 heterocycles. The van der Waals surface area contributed by atoms with Gasteiger partial charge in [-0.15, -0.1) is 0 Å². The number of carbonyl (C=O) groups is 1. The van der Waals surface area contributed by atoms with Crippen molar-refractivity contribution in [2.45, 2.75) is 78.4 Å². The zero-order chi connectivity index (χ0) is 21.2.